The van der Waals surface area contributed by atoms with Gasteiger partial charge in [-0.05, 0) is 39.0 Å². The smallest absolute Gasteiger partial charge is 0.325 e. The Morgan fingerprint density at radius 3 is 2.88 bits per heavy atom. The molecule has 25 heavy (non-hydrogen) atoms. The Morgan fingerprint density at radius 1 is 1.40 bits per heavy atom. The van der Waals surface area contributed by atoms with Gasteiger partial charge in [0.25, 0.3) is 5.91 Å². The third-order valence-electron chi connectivity index (χ3n) is 5.47. The number of imidazole rings is 1. The summed E-state index contributed by atoms with van der Waals surface area (Å²) in [6.07, 6.45) is 5.48. The molecule has 0 bridgehead atoms. The molecule has 2 unspecified atom stereocenters. The molecular weight excluding hydrogens is 322 g/mol. The van der Waals surface area contributed by atoms with Crippen LogP contribution in [0.5, 0.6) is 0 Å². The zero-order valence-corrected chi connectivity index (χ0v) is 14.5. The second-order valence-electron chi connectivity index (χ2n) is 7.55. The summed E-state index contributed by atoms with van der Waals surface area (Å²) in [5.74, 6) is 0.649. The maximum Gasteiger partial charge on any atom is 0.325 e. The molecule has 3 heterocycles. The summed E-state index contributed by atoms with van der Waals surface area (Å²) in [6, 6.07) is -0.477. The second-order valence-corrected chi connectivity index (χ2v) is 7.55. The van der Waals surface area contributed by atoms with Gasteiger partial charge in [-0.3, -0.25) is 14.5 Å². The monoisotopic (exact) mass is 345 g/mol. The highest BCUT2D eigenvalue weighted by atomic mass is 16.2. The summed E-state index contributed by atoms with van der Waals surface area (Å²) in [5.41, 5.74) is 0.131. The van der Waals surface area contributed by atoms with Crippen molar-refractivity contribution in [2.75, 3.05) is 6.54 Å². The van der Waals surface area contributed by atoms with Gasteiger partial charge in [0, 0.05) is 25.2 Å². The van der Waals surface area contributed by atoms with E-state index in [2.05, 4.69) is 20.2 Å². The SMILES string of the molecule is Cc1cn2c(n1)CCC(NC(=O)CN1C(=O)NC(C)(C3CC3)C1=O)C2. The molecule has 1 aromatic rings. The number of amides is 4. The van der Waals surface area contributed by atoms with E-state index < -0.39 is 11.6 Å². The number of nitrogens with one attached hydrogen (secondary N) is 2. The number of urea groups is 1. The van der Waals surface area contributed by atoms with E-state index in [1.54, 1.807) is 6.92 Å². The Hall–Kier alpha value is -2.38. The minimum absolute atomic E-state index is 0.0100. The molecule has 134 valence electrons. The Labute approximate surface area is 146 Å². The summed E-state index contributed by atoms with van der Waals surface area (Å²) < 4.78 is 2.06. The van der Waals surface area contributed by atoms with E-state index in [-0.39, 0.29) is 30.3 Å². The number of hydrogen-bond acceptors (Lipinski definition) is 4. The number of hydrogen-bond donors (Lipinski definition) is 2. The molecule has 1 aromatic heterocycles. The van der Waals surface area contributed by atoms with Gasteiger partial charge in [0.05, 0.1) is 5.69 Å². The lowest BCUT2D eigenvalue weighted by molar-refractivity contribution is -0.135. The van der Waals surface area contributed by atoms with Crippen LogP contribution in [0.15, 0.2) is 6.20 Å². The van der Waals surface area contributed by atoms with Crippen LogP contribution in [0, 0.1) is 12.8 Å². The van der Waals surface area contributed by atoms with Crippen molar-refractivity contribution in [2.24, 2.45) is 5.92 Å². The highest BCUT2D eigenvalue weighted by molar-refractivity contribution is 6.09. The summed E-state index contributed by atoms with van der Waals surface area (Å²) in [6.45, 7) is 4.15. The lowest BCUT2D eigenvalue weighted by atomic mass is 9.96. The van der Waals surface area contributed by atoms with Crippen LogP contribution in [-0.4, -0.2) is 50.4 Å². The first-order valence-corrected chi connectivity index (χ1v) is 8.83. The number of aryl methyl sites for hydroxylation is 2. The van der Waals surface area contributed by atoms with E-state index in [1.165, 1.54) is 0 Å². The van der Waals surface area contributed by atoms with Crippen molar-refractivity contribution >= 4 is 17.8 Å². The lowest BCUT2D eigenvalue weighted by Gasteiger charge is -2.25. The predicted molar refractivity (Wildman–Crippen MR) is 88.6 cm³/mol. The summed E-state index contributed by atoms with van der Waals surface area (Å²) in [7, 11) is 0. The van der Waals surface area contributed by atoms with Crippen LogP contribution >= 0.6 is 0 Å². The van der Waals surface area contributed by atoms with Crippen molar-refractivity contribution in [1.29, 1.82) is 0 Å². The molecule has 2 fully saturated rings. The molecule has 4 rings (SSSR count). The lowest BCUT2D eigenvalue weighted by Crippen LogP contribution is -2.48. The molecule has 8 nitrogen and oxygen atoms in total. The van der Waals surface area contributed by atoms with Crippen molar-refractivity contribution in [3.8, 4) is 0 Å². The highest BCUT2D eigenvalue weighted by Gasteiger charge is 2.56. The molecule has 1 aliphatic carbocycles. The first kappa shape index (κ1) is 16.1. The molecule has 2 N–H and O–H groups in total. The van der Waals surface area contributed by atoms with Gasteiger partial charge >= 0.3 is 6.03 Å². The summed E-state index contributed by atoms with van der Waals surface area (Å²) >= 11 is 0. The molecule has 0 radical (unpaired) electrons. The molecule has 1 saturated carbocycles. The zero-order chi connectivity index (χ0) is 17.8. The molecule has 0 spiro atoms. The fraction of sp³-hybridized carbons (Fsp3) is 0.647. The minimum Gasteiger partial charge on any atom is -0.350 e. The average Bonchev–Trinajstić information content (AvgIpc) is 3.30. The molecular formula is C17H23N5O3. The van der Waals surface area contributed by atoms with E-state index in [9.17, 15) is 14.4 Å². The van der Waals surface area contributed by atoms with Gasteiger partial charge in [0.2, 0.25) is 5.91 Å². The number of rotatable bonds is 4. The number of imide groups is 1. The third kappa shape index (κ3) is 2.79. The molecule has 4 amide bonds. The molecule has 2 atom stereocenters. The second kappa shape index (κ2) is 5.57. The Balaban J connectivity index is 1.36. The number of carbonyl (C=O) groups is 3. The maximum absolute atomic E-state index is 12.6. The predicted octanol–water partition coefficient (Wildman–Crippen LogP) is 0.343. The van der Waals surface area contributed by atoms with E-state index in [0.29, 0.717) is 6.54 Å². The van der Waals surface area contributed by atoms with Crippen LogP contribution in [-0.2, 0) is 22.6 Å². The third-order valence-corrected chi connectivity index (χ3v) is 5.47. The Kier molecular flexibility index (Phi) is 3.59. The highest BCUT2D eigenvalue weighted by Crippen LogP contribution is 2.42. The Morgan fingerprint density at radius 2 is 2.16 bits per heavy atom. The normalized spacial score (nSPS) is 28.7. The topological polar surface area (TPSA) is 96.3 Å². The molecule has 3 aliphatic rings. The van der Waals surface area contributed by atoms with Gasteiger partial charge in [0.1, 0.15) is 17.9 Å². The average molecular weight is 345 g/mol. The van der Waals surface area contributed by atoms with Crippen LogP contribution in [0.25, 0.3) is 0 Å². The van der Waals surface area contributed by atoms with Gasteiger partial charge in [-0.25, -0.2) is 9.78 Å². The quantitative estimate of drug-likeness (QED) is 0.769. The largest absolute Gasteiger partial charge is 0.350 e. The number of fused-ring (bicyclic) bond motifs is 1. The molecule has 8 heteroatoms. The van der Waals surface area contributed by atoms with Crippen molar-refractivity contribution in [1.82, 2.24) is 25.1 Å². The zero-order valence-electron chi connectivity index (χ0n) is 14.5. The molecule has 0 aromatic carbocycles. The first-order valence-electron chi connectivity index (χ1n) is 8.83. The van der Waals surface area contributed by atoms with E-state index >= 15 is 0 Å². The van der Waals surface area contributed by atoms with Gasteiger partial charge in [0.15, 0.2) is 0 Å². The van der Waals surface area contributed by atoms with Gasteiger partial charge in [-0.15, -0.1) is 0 Å². The summed E-state index contributed by atoms with van der Waals surface area (Å²) in [5, 5.41) is 5.71. The van der Waals surface area contributed by atoms with E-state index in [1.807, 2.05) is 13.1 Å². The van der Waals surface area contributed by atoms with Crippen molar-refractivity contribution in [3.05, 3.63) is 17.7 Å². The van der Waals surface area contributed by atoms with Crippen LogP contribution in [0.4, 0.5) is 4.79 Å². The first-order chi connectivity index (χ1) is 11.9. The standard InChI is InChI=1S/C17H23N5O3/c1-10-7-21-8-12(5-6-13(21)18-10)19-14(23)9-22-15(24)17(2,11-3-4-11)20-16(22)25/h7,11-12H,3-6,8-9H2,1-2H3,(H,19,23)(H,20,25). The Bertz CT molecular complexity index is 753. The van der Waals surface area contributed by atoms with Crippen LogP contribution in [0.2, 0.25) is 0 Å². The fourth-order valence-corrected chi connectivity index (χ4v) is 3.92. The number of carbonyl (C=O) groups excluding carboxylic acids is 3. The van der Waals surface area contributed by atoms with Crippen LogP contribution in [0.3, 0.4) is 0 Å². The maximum atomic E-state index is 12.6. The minimum atomic E-state index is -0.842. The van der Waals surface area contributed by atoms with Gasteiger partial charge in [-0.1, -0.05) is 0 Å². The van der Waals surface area contributed by atoms with Crippen molar-refractivity contribution < 1.29 is 14.4 Å². The van der Waals surface area contributed by atoms with Gasteiger partial charge in [-0.2, -0.15) is 0 Å². The van der Waals surface area contributed by atoms with E-state index in [4.69, 9.17) is 0 Å². The van der Waals surface area contributed by atoms with Crippen LogP contribution in [0.1, 0.15) is 37.7 Å². The molecule has 1 saturated heterocycles. The number of aromatic nitrogens is 2. The summed E-state index contributed by atoms with van der Waals surface area (Å²) in [4.78, 5) is 42.5. The van der Waals surface area contributed by atoms with Crippen LogP contribution < -0.4 is 10.6 Å². The number of nitrogens with zero attached hydrogens (tertiary/aromatic N) is 3. The molecule has 2 aliphatic heterocycles. The van der Waals surface area contributed by atoms with Crippen molar-refractivity contribution in [3.63, 3.8) is 0 Å². The fourth-order valence-electron chi connectivity index (χ4n) is 3.92. The van der Waals surface area contributed by atoms with E-state index in [0.717, 1.165) is 42.1 Å². The van der Waals surface area contributed by atoms with Crippen molar-refractivity contribution in [2.45, 2.75) is 57.7 Å². The van der Waals surface area contributed by atoms with Gasteiger partial charge < -0.3 is 15.2 Å².